The maximum Gasteiger partial charge on any atom is 0.259 e. The molecule has 28 heavy (non-hydrogen) atoms. The van der Waals surface area contributed by atoms with E-state index < -0.39 is 0 Å². The van der Waals surface area contributed by atoms with Gasteiger partial charge in [-0.05, 0) is 52.4 Å². The molecule has 3 rings (SSSR count). The summed E-state index contributed by atoms with van der Waals surface area (Å²) in [5, 5.41) is 13.8. The molecule has 0 bridgehead atoms. The zero-order valence-corrected chi connectivity index (χ0v) is 15.6. The van der Waals surface area contributed by atoms with Crippen molar-refractivity contribution in [2.24, 2.45) is 0 Å². The van der Waals surface area contributed by atoms with Crippen molar-refractivity contribution in [3.8, 4) is 11.4 Å². The van der Waals surface area contributed by atoms with Gasteiger partial charge in [0, 0.05) is 19.8 Å². The molecule has 0 atom stereocenters. The van der Waals surface area contributed by atoms with E-state index in [0.717, 1.165) is 11.3 Å². The van der Waals surface area contributed by atoms with E-state index in [1.54, 1.807) is 43.0 Å². The fourth-order valence-corrected chi connectivity index (χ4v) is 2.35. The van der Waals surface area contributed by atoms with Crippen LogP contribution in [0.2, 0.25) is 0 Å². The van der Waals surface area contributed by atoms with Crippen LogP contribution in [0.4, 0.5) is 5.69 Å². The molecule has 2 amide bonds. The highest BCUT2D eigenvalue weighted by Gasteiger charge is 2.07. The number of carbonyl (C=O) groups is 2. The minimum Gasteiger partial charge on any atom is -0.484 e. The normalized spacial score (nSPS) is 10.4. The number of aromatic nitrogens is 4. The lowest BCUT2D eigenvalue weighted by Crippen LogP contribution is -2.27. The van der Waals surface area contributed by atoms with Crippen LogP contribution in [-0.2, 0) is 16.0 Å². The predicted molar refractivity (Wildman–Crippen MR) is 102 cm³/mol. The van der Waals surface area contributed by atoms with Gasteiger partial charge in [0.15, 0.2) is 6.61 Å². The molecule has 0 saturated heterocycles. The topological polar surface area (TPSA) is 102 Å². The lowest BCUT2D eigenvalue weighted by Gasteiger charge is -2.12. The van der Waals surface area contributed by atoms with Gasteiger partial charge in [0.1, 0.15) is 12.1 Å². The van der Waals surface area contributed by atoms with E-state index in [-0.39, 0.29) is 24.8 Å². The van der Waals surface area contributed by atoms with Gasteiger partial charge in [0.05, 0.1) is 12.1 Å². The van der Waals surface area contributed by atoms with Crippen molar-refractivity contribution < 1.29 is 14.3 Å². The van der Waals surface area contributed by atoms with Gasteiger partial charge in [-0.1, -0.05) is 12.1 Å². The molecule has 1 N–H and O–H groups in total. The number of anilines is 1. The molecule has 0 saturated carbocycles. The third-order valence-corrected chi connectivity index (χ3v) is 3.91. The molecule has 0 aliphatic carbocycles. The fraction of sp³-hybridized carbons (Fsp3) is 0.211. The standard InChI is InChI=1S/C19H20N6O3/c1-24(2)19(27)12-28-17-9-5-15(6-10-17)21-18(26)11-14-3-7-16(8-4-14)25-13-20-22-23-25/h3-10,13H,11-12H2,1-2H3,(H,21,26). The van der Waals surface area contributed by atoms with Crippen LogP contribution in [0.3, 0.4) is 0 Å². The van der Waals surface area contributed by atoms with E-state index in [2.05, 4.69) is 20.8 Å². The van der Waals surface area contributed by atoms with E-state index in [1.807, 2.05) is 24.3 Å². The van der Waals surface area contributed by atoms with Gasteiger partial charge >= 0.3 is 0 Å². The summed E-state index contributed by atoms with van der Waals surface area (Å²) in [5.74, 6) is 0.307. The number of nitrogens with zero attached hydrogens (tertiary/aromatic N) is 5. The third-order valence-electron chi connectivity index (χ3n) is 3.91. The summed E-state index contributed by atoms with van der Waals surface area (Å²) in [6, 6.07) is 14.3. The number of hydrogen-bond acceptors (Lipinski definition) is 6. The van der Waals surface area contributed by atoms with E-state index in [0.29, 0.717) is 11.4 Å². The molecule has 3 aromatic rings. The number of rotatable bonds is 7. The Morgan fingerprint density at radius 3 is 2.39 bits per heavy atom. The average Bonchev–Trinajstić information content (AvgIpc) is 3.22. The third kappa shape index (κ3) is 5.13. The van der Waals surface area contributed by atoms with Crippen molar-refractivity contribution in [2.75, 3.05) is 26.0 Å². The molecular formula is C19H20N6O3. The average molecular weight is 380 g/mol. The molecule has 1 heterocycles. The molecule has 144 valence electrons. The van der Waals surface area contributed by atoms with Gasteiger partial charge in [-0.3, -0.25) is 9.59 Å². The summed E-state index contributed by atoms with van der Waals surface area (Å²) in [5.41, 5.74) is 2.34. The van der Waals surface area contributed by atoms with Crippen LogP contribution in [-0.4, -0.2) is 57.6 Å². The number of benzene rings is 2. The van der Waals surface area contributed by atoms with Crippen LogP contribution >= 0.6 is 0 Å². The Bertz CT molecular complexity index is 921. The fourth-order valence-electron chi connectivity index (χ4n) is 2.35. The summed E-state index contributed by atoms with van der Waals surface area (Å²) >= 11 is 0. The minimum atomic E-state index is -0.133. The monoisotopic (exact) mass is 380 g/mol. The van der Waals surface area contributed by atoms with Crippen LogP contribution in [0.1, 0.15) is 5.56 Å². The number of likely N-dealkylation sites (N-methyl/N-ethyl adjacent to an activating group) is 1. The molecule has 9 nitrogen and oxygen atoms in total. The molecule has 2 aromatic carbocycles. The molecule has 0 spiro atoms. The zero-order chi connectivity index (χ0) is 19.9. The molecule has 0 unspecified atom stereocenters. The van der Waals surface area contributed by atoms with Crippen LogP contribution < -0.4 is 10.1 Å². The van der Waals surface area contributed by atoms with Crippen molar-refractivity contribution in [2.45, 2.75) is 6.42 Å². The first-order valence-corrected chi connectivity index (χ1v) is 8.56. The van der Waals surface area contributed by atoms with E-state index in [1.165, 1.54) is 11.2 Å². The second-order valence-corrected chi connectivity index (χ2v) is 6.25. The van der Waals surface area contributed by atoms with Gasteiger partial charge in [0.2, 0.25) is 5.91 Å². The van der Waals surface area contributed by atoms with Crippen molar-refractivity contribution in [1.82, 2.24) is 25.1 Å². The smallest absolute Gasteiger partial charge is 0.259 e. The van der Waals surface area contributed by atoms with Crippen LogP contribution in [0, 0.1) is 0 Å². The summed E-state index contributed by atoms with van der Waals surface area (Å²) in [6.45, 7) is -0.0284. The summed E-state index contributed by atoms with van der Waals surface area (Å²) in [6.07, 6.45) is 1.75. The summed E-state index contributed by atoms with van der Waals surface area (Å²) < 4.78 is 6.95. The van der Waals surface area contributed by atoms with Crippen molar-refractivity contribution in [3.05, 3.63) is 60.4 Å². The Balaban J connectivity index is 1.51. The Morgan fingerprint density at radius 1 is 1.07 bits per heavy atom. The number of nitrogens with one attached hydrogen (secondary N) is 1. The minimum absolute atomic E-state index is 0.0284. The zero-order valence-electron chi connectivity index (χ0n) is 15.6. The van der Waals surface area contributed by atoms with Crippen molar-refractivity contribution in [3.63, 3.8) is 0 Å². The first kappa shape index (κ1) is 19.0. The Morgan fingerprint density at radius 2 is 1.79 bits per heavy atom. The Labute approximate surface area is 161 Å². The molecule has 0 aliphatic heterocycles. The molecule has 0 fully saturated rings. The lowest BCUT2D eigenvalue weighted by atomic mass is 10.1. The summed E-state index contributed by atoms with van der Waals surface area (Å²) in [4.78, 5) is 25.2. The highest BCUT2D eigenvalue weighted by Crippen LogP contribution is 2.16. The van der Waals surface area contributed by atoms with Crippen molar-refractivity contribution >= 4 is 17.5 Å². The van der Waals surface area contributed by atoms with Crippen molar-refractivity contribution in [1.29, 1.82) is 0 Å². The van der Waals surface area contributed by atoms with Crippen LogP contribution in [0.15, 0.2) is 54.9 Å². The predicted octanol–water partition coefficient (Wildman–Crippen LogP) is 1.31. The van der Waals surface area contributed by atoms with E-state index in [4.69, 9.17) is 4.74 Å². The van der Waals surface area contributed by atoms with Gasteiger partial charge in [-0.2, -0.15) is 0 Å². The number of tetrazole rings is 1. The Kier molecular flexibility index (Phi) is 5.95. The largest absolute Gasteiger partial charge is 0.484 e. The summed E-state index contributed by atoms with van der Waals surface area (Å²) in [7, 11) is 3.34. The second-order valence-electron chi connectivity index (χ2n) is 6.25. The van der Waals surface area contributed by atoms with E-state index >= 15 is 0 Å². The quantitative estimate of drug-likeness (QED) is 0.663. The molecule has 0 aliphatic rings. The highest BCUT2D eigenvalue weighted by atomic mass is 16.5. The van der Waals surface area contributed by atoms with E-state index in [9.17, 15) is 9.59 Å². The maximum absolute atomic E-state index is 12.2. The van der Waals surface area contributed by atoms with Gasteiger partial charge in [-0.25, -0.2) is 4.68 Å². The number of ether oxygens (including phenoxy) is 1. The van der Waals surface area contributed by atoms with Gasteiger partial charge in [0.25, 0.3) is 5.91 Å². The van der Waals surface area contributed by atoms with Gasteiger partial charge < -0.3 is 15.0 Å². The SMILES string of the molecule is CN(C)C(=O)COc1ccc(NC(=O)Cc2ccc(-n3cnnn3)cc2)cc1. The molecular weight excluding hydrogens is 360 g/mol. The maximum atomic E-state index is 12.2. The molecule has 0 radical (unpaired) electrons. The number of carbonyl (C=O) groups excluding carboxylic acids is 2. The van der Waals surface area contributed by atoms with Crippen LogP contribution in [0.25, 0.3) is 5.69 Å². The molecule has 1 aromatic heterocycles. The first-order chi connectivity index (χ1) is 13.5. The highest BCUT2D eigenvalue weighted by molar-refractivity contribution is 5.92. The van der Waals surface area contributed by atoms with Crippen LogP contribution in [0.5, 0.6) is 5.75 Å². The van der Waals surface area contributed by atoms with Gasteiger partial charge in [-0.15, -0.1) is 5.10 Å². The number of amides is 2. The number of hydrogen-bond donors (Lipinski definition) is 1. The Hall–Kier alpha value is -3.75. The molecule has 9 heteroatoms. The lowest BCUT2D eigenvalue weighted by molar-refractivity contribution is -0.130. The second kappa shape index (κ2) is 8.76. The first-order valence-electron chi connectivity index (χ1n) is 8.56.